The Morgan fingerprint density at radius 3 is 2.34 bits per heavy atom. The third-order valence-corrected chi connectivity index (χ3v) is 5.50. The molecule has 1 aliphatic heterocycles. The van der Waals surface area contributed by atoms with Crippen LogP contribution in [0.15, 0.2) is 48.5 Å². The van der Waals surface area contributed by atoms with Gasteiger partial charge in [-0.3, -0.25) is 4.90 Å². The van der Waals surface area contributed by atoms with Crippen molar-refractivity contribution in [2.75, 3.05) is 45.9 Å². The number of rotatable bonds is 10. The lowest BCUT2D eigenvalue weighted by atomic mass is 10.2. The minimum absolute atomic E-state index is 0.313. The summed E-state index contributed by atoms with van der Waals surface area (Å²) in [5.74, 6) is 0.793. The molecule has 158 valence electrons. The van der Waals surface area contributed by atoms with Gasteiger partial charge in [0.2, 0.25) is 0 Å². The van der Waals surface area contributed by atoms with Crippen LogP contribution in [0.3, 0.4) is 0 Å². The number of nitrogens with zero attached hydrogens (tertiary/aromatic N) is 2. The van der Waals surface area contributed by atoms with Crippen molar-refractivity contribution in [1.82, 2.24) is 15.1 Å². The summed E-state index contributed by atoms with van der Waals surface area (Å²) >= 11 is 6.03. The number of hydrogen-bond acceptors (Lipinski definition) is 5. The maximum absolute atomic E-state index is 10.3. The van der Waals surface area contributed by atoms with Crippen LogP contribution < -0.4 is 10.1 Å². The average Bonchev–Trinajstić information content (AvgIpc) is 2.73. The molecule has 2 aromatic carbocycles. The zero-order valence-electron chi connectivity index (χ0n) is 17.2. The lowest BCUT2D eigenvalue weighted by Gasteiger charge is -2.34. The van der Waals surface area contributed by atoms with Crippen molar-refractivity contribution in [1.29, 1.82) is 0 Å². The van der Waals surface area contributed by atoms with Gasteiger partial charge >= 0.3 is 0 Å². The molecule has 0 amide bonds. The Labute approximate surface area is 179 Å². The van der Waals surface area contributed by atoms with Gasteiger partial charge < -0.3 is 20.1 Å². The van der Waals surface area contributed by atoms with Crippen LogP contribution in [0.25, 0.3) is 0 Å². The van der Waals surface area contributed by atoms with Crippen molar-refractivity contribution in [3.05, 3.63) is 64.7 Å². The first kappa shape index (κ1) is 22.1. The first-order valence-electron chi connectivity index (χ1n) is 10.4. The first-order valence-corrected chi connectivity index (χ1v) is 10.8. The van der Waals surface area contributed by atoms with Crippen molar-refractivity contribution in [3.63, 3.8) is 0 Å². The van der Waals surface area contributed by atoms with E-state index in [9.17, 15) is 5.11 Å². The van der Waals surface area contributed by atoms with Crippen LogP contribution in [0.5, 0.6) is 5.75 Å². The number of piperazine rings is 1. The Morgan fingerprint density at radius 2 is 1.66 bits per heavy atom. The highest BCUT2D eigenvalue weighted by atomic mass is 35.5. The predicted octanol–water partition coefficient (Wildman–Crippen LogP) is 3.01. The van der Waals surface area contributed by atoms with E-state index in [1.807, 2.05) is 36.4 Å². The molecule has 1 unspecified atom stereocenters. The fraction of sp³-hybridized carbons (Fsp3) is 0.478. The molecule has 29 heavy (non-hydrogen) atoms. The average molecular weight is 418 g/mol. The molecule has 5 nitrogen and oxygen atoms in total. The van der Waals surface area contributed by atoms with Crippen LogP contribution in [-0.4, -0.2) is 66.9 Å². The molecule has 0 spiro atoms. The van der Waals surface area contributed by atoms with Crippen molar-refractivity contribution in [3.8, 4) is 5.75 Å². The van der Waals surface area contributed by atoms with Crippen LogP contribution in [0, 0.1) is 0 Å². The minimum atomic E-state index is -0.479. The van der Waals surface area contributed by atoms with Gasteiger partial charge in [-0.2, -0.15) is 0 Å². The third-order valence-electron chi connectivity index (χ3n) is 5.27. The van der Waals surface area contributed by atoms with E-state index in [1.54, 1.807) is 0 Å². The molecule has 1 heterocycles. The van der Waals surface area contributed by atoms with Crippen molar-refractivity contribution in [2.24, 2.45) is 0 Å². The highest BCUT2D eigenvalue weighted by Gasteiger charge is 2.18. The maximum atomic E-state index is 10.3. The second kappa shape index (κ2) is 11.5. The Balaban J connectivity index is 1.39. The van der Waals surface area contributed by atoms with Crippen LogP contribution in [0.2, 0.25) is 5.02 Å². The largest absolute Gasteiger partial charge is 0.491 e. The zero-order chi connectivity index (χ0) is 20.5. The van der Waals surface area contributed by atoms with Gasteiger partial charge in [0.15, 0.2) is 0 Å². The van der Waals surface area contributed by atoms with Crippen molar-refractivity contribution in [2.45, 2.75) is 26.1 Å². The molecular weight excluding hydrogens is 386 g/mol. The van der Waals surface area contributed by atoms with Gasteiger partial charge in [-0.1, -0.05) is 42.8 Å². The van der Waals surface area contributed by atoms with E-state index in [-0.39, 0.29) is 0 Å². The van der Waals surface area contributed by atoms with Gasteiger partial charge in [-0.15, -0.1) is 0 Å². The van der Waals surface area contributed by atoms with E-state index in [0.717, 1.165) is 67.7 Å². The predicted molar refractivity (Wildman–Crippen MR) is 118 cm³/mol. The summed E-state index contributed by atoms with van der Waals surface area (Å²) < 4.78 is 5.84. The van der Waals surface area contributed by atoms with Crippen LogP contribution in [-0.2, 0) is 13.1 Å². The number of nitrogens with one attached hydrogen (secondary N) is 1. The van der Waals surface area contributed by atoms with Gasteiger partial charge in [0.1, 0.15) is 18.5 Å². The lowest BCUT2D eigenvalue weighted by Crippen LogP contribution is -2.49. The molecule has 2 aromatic rings. The number of likely N-dealkylation sites (N-methyl/N-ethyl adjacent to an activating group) is 1. The Bertz CT molecular complexity index is 750. The Morgan fingerprint density at radius 1 is 1.00 bits per heavy atom. The van der Waals surface area contributed by atoms with Crippen molar-refractivity contribution < 1.29 is 9.84 Å². The van der Waals surface area contributed by atoms with Gasteiger partial charge in [-0.05, 0) is 41.9 Å². The van der Waals surface area contributed by atoms with E-state index < -0.39 is 6.10 Å². The number of benzene rings is 2. The Kier molecular flexibility index (Phi) is 8.77. The lowest BCUT2D eigenvalue weighted by molar-refractivity contribution is 0.0471. The van der Waals surface area contributed by atoms with E-state index >= 15 is 0 Å². The second-order valence-corrected chi connectivity index (χ2v) is 8.02. The minimum Gasteiger partial charge on any atom is -0.491 e. The molecule has 0 radical (unpaired) electrons. The number of aliphatic hydroxyl groups is 1. The SMILES string of the molecule is CCN1CCN(CC(O)COc2cccc(CNCc3cccc(Cl)c3)c2)CC1. The monoisotopic (exact) mass is 417 g/mol. The van der Waals surface area contributed by atoms with E-state index in [1.165, 1.54) is 0 Å². The molecule has 2 N–H and O–H groups in total. The molecule has 3 rings (SSSR count). The van der Waals surface area contributed by atoms with E-state index in [0.29, 0.717) is 13.2 Å². The normalized spacial score (nSPS) is 16.7. The summed E-state index contributed by atoms with van der Waals surface area (Å²) in [5, 5.41) is 14.5. The number of ether oxygens (including phenoxy) is 1. The summed E-state index contributed by atoms with van der Waals surface area (Å²) in [6.07, 6.45) is -0.479. The standard InChI is InChI=1S/C23H32ClN3O2/c1-2-26-9-11-27(12-10-26)17-22(28)18-29-23-8-4-6-20(14-23)16-25-15-19-5-3-7-21(24)13-19/h3-8,13-14,22,25,28H,2,9-12,15-18H2,1H3. The fourth-order valence-corrected chi connectivity index (χ4v) is 3.79. The quantitative estimate of drug-likeness (QED) is 0.622. The van der Waals surface area contributed by atoms with Crippen molar-refractivity contribution >= 4 is 11.6 Å². The molecule has 0 bridgehead atoms. The van der Waals surface area contributed by atoms with Gasteiger partial charge in [0, 0.05) is 50.8 Å². The Hall–Kier alpha value is -1.63. The van der Waals surface area contributed by atoms with Gasteiger partial charge in [0.25, 0.3) is 0 Å². The first-order chi connectivity index (χ1) is 14.1. The molecule has 1 aliphatic rings. The summed E-state index contributed by atoms with van der Waals surface area (Å²) in [5.41, 5.74) is 2.31. The molecular formula is C23H32ClN3O2. The van der Waals surface area contributed by atoms with Crippen LogP contribution in [0.1, 0.15) is 18.1 Å². The molecule has 0 aromatic heterocycles. The molecule has 1 atom stereocenters. The zero-order valence-corrected chi connectivity index (χ0v) is 17.9. The van der Waals surface area contributed by atoms with E-state index in [4.69, 9.17) is 16.3 Å². The summed E-state index contributed by atoms with van der Waals surface area (Å²) in [6.45, 7) is 9.96. The number of hydrogen-bond donors (Lipinski definition) is 2. The molecule has 1 fully saturated rings. The summed E-state index contributed by atoms with van der Waals surface area (Å²) in [7, 11) is 0. The molecule has 0 saturated carbocycles. The molecule has 0 aliphatic carbocycles. The highest BCUT2D eigenvalue weighted by Crippen LogP contribution is 2.15. The second-order valence-electron chi connectivity index (χ2n) is 7.58. The summed E-state index contributed by atoms with van der Waals surface area (Å²) in [4.78, 5) is 4.75. The number of halogens is 1. The van der Waals surface area contributed by atoms with Crippen LogP contribution >= 0.6 is 11.6 Å². The fourth-order valence-electron chi connectivity index (χ4n) is 3.57. The third kappa shape index (κ3) is 7.61. The highest BCUT2D eigenvalue weighted by molar-refractivity contribution is 6.30. The molecule has 1 saturated heterocycles. The number of β-amino-alcohol motifs (C(OH)–C–C–N with tert-alkyl or cyclic N) is 1. The van der Waals surface area contributed by atoms with E-state index in [2.05, 4.69) is 34.2 Å². The topological polar surface area (TPSA) is 48.0 Å². The molecule has 6 heteroatoms. The van der Waals surface area contributed by atoms with Gasteiger partial charge in [0.05, 0.1) is 0 Å². The maximum Gasteiger partial charge on any atom is 0.119 e. The number of aliphatic hydroxyl groups excluding tert-OH is 1. The van der Waals surface area contributed by atoms with Gasteiger partial charge in [-0.25, -0.2) is 0 Å². The van der Waals surface area contributed by atoms with Crippen LogP contribution in [0.4, 0.5) is 0 Å². The smallest absolute Gasteiger partial charge is 0.119 e. The summed E-state index contributed by atoms with van der Waals surface area (Å²) in [6, 6.07) is 15.9.